The van der Waals surface area contributed by atoms with E-state index in [4.69, 9.17) is 4.74 Å². The molecule has 2 saturated carbocycles. The quantitative estimate of drug-likeness (QED) is 0.762. The highest BCUT2D eigenvalue weighted by atomic mass is 16.5. The summed E-state index contributed by atoms with van der Waals surface area (Å²) in [5.74, 6) is 0.618. The van der Waals surface area contributed by atoms with Crippen molar-refractivity contribution in [2.24, 2.45) is 17.8 Å². The van der Waals surface area contributed by atoms with E-state index in [9.17, 15) is 9.90 Å². The Labute approximate surface area is 161 Å². The molecule has 2 fully saturated rings. The predicted molar refractivity (Wildman–Crippen MR) is 105 cm³/mol. The molecular weight excluding hydrogens is 336 g/mol. The summed E-state index contributed by atoms with van der Waals surface area (Å²) in [4.78, 5) is 12.8. The molecule has 142 valence electrons. The molecule has 4 rings (SSSR count). The highest BCUT2D eigenvalue weighted by molar-refractivity contribution is 5.89. The number of aliphatic hydroxyl groups is 1. The molecule has 2 aliphatic carbocycles. The zero-order valence-electron chi connectivity index (χ0n) is 15.7. The molecule has 5 atom stereocenters. The Balaban J connectivity index is 1.59. The summed E-state index contributed by atoms with van der Waals surface area (Å²) in [5.41, 5.74) is 1.53. The van der Waals surface area contributed by atoms with Crippen LogP contribution >= 0.6 is 0 Å². The van der Waals surface area contributed by atoms with E-state index >= 15 is 0 Å². The Bertz CT molecular complexity index is 743. The number of carbonyl (C=O) groups excluding carboxylic acids is 1. The molecule has 2 aromatic rings. The third-order valence-corrected chi connectivity index (χ3v) is 6.48. The lowest BCUT2D eigenvalue weighted by molar-refractivity contribution is -0.0842. The van der Waals surface area contributed by atoms with Crippen LogP contribution < -0.4 is 0 Å². The molecule has 1 N–H and O–H groups in total. The van der Waals surface area contributed by atoms with E-state index in [0.717, 1.165) is 24.8 Å². The van der Waals surface area contributed by atoms with Crippen LogP contribution in [-0.4, -0.2) is 17.2 Å². The molecule has 0 bridgehead atoms. The summed E-state index contributed by atoms with van der Waals surface area (Å²) in [5, 5.41) is 11.2. The van der Waals surface area contributed by atoms with Crippen LogP contribution in [0.4, 0.5) is 0 Å². The molecule has 0 spiro atoms. The summed E-state index contributed by atoms with van der Waals surface area (Å²) in [6, 6.07) is 19.0. The van der Waals surface area contributed by atoms with Crippen LogP contribution in [0.15, 0.2) is 60.7 Å². The standard InChI is InChI=1S/C24H28O3/c25-22-20-14-8-7-9-17(20)15-16-21(22)23(18-10-3-1-4-11-18)27-24(26)19-12-5-2-6-13-19/h1-6,10-13,17,20-23,25H,7-9,14-16H2/t17-,20+,21-,22-,23-/m1/s1. The van der Waals surface area contributed by atoms with E-state index in [1.54, 1.807) is 12.1 Å². The second-order valence-electron chi connectivity index (χ2n) is 8.04. The maximum atomic E-state index is 12.8. The summed E-state index contributed by atoms with van der Waals surface area (Å²) in [6.07, 6.45) is 6.02. The number of carbonyl (C=O) groups is 1. The van der Waals surface area contributed by atoms with Crippen molar-refractivity contribution in [3.8, 4) is 0 Å². The zero-order valence-corrected chi connectivity index (χ0v) is 15.7. The van der Waals surface area contributed by atoms with E-state index in [1.165, 1.54) is 19.3 Å². The second-order valence-corrected chi connectivity index (χ2v) is 8.04. The number of esters is 1. The molecule has 3 nitrogen and oxygen atoms in total. The third kappa shape index (κ3) is 3.93. The van der Waals surface area contributed by atoms with Crippen molar-refractivity contribution in [3.63, 3.8) is 0 Å². The average Bonchev–Trinajstić information content (AvgIpc) is 2.74. The van der Waals surface area contributed by atoms with E-state index in [1.807, 2.05) is 48.5 Å². The van der Waals surface area contributed by atoms with Crippen molar-refractivity contribution < 1.29 is 14.6 Å². The molecular formula is C24H28O3. The van der Waals surface area contributed by atoms with Crippen LogP contribution in [0.3, 0.4) is 0 Å². The van der Waals surface area contributed by atoms with Crippen molar-refractivity contribution in [1.29, 1.82) is 0 Å². The number of rotatable bonds is 4. The number of benzene rings is 2. The number of aliphatic hydroxyl groups excluding tert-OH is 1. The van der Waals surface area contributed by atoms with Crippen LogP contribution in [-0.2, 0) is 4.74 Å². The van der Waals surface area contributed by atoms with Gasteiger partial charge in [0, 0.05) is 5.92 Å². The highest BCUT2D eigenvalue weighted by Gasteiger charge is 2.44. The van der Waals surface area contributed by atoms with Crippen LogP contribution in [0.5, 0.6) is 0 Å². The Morgan fingerprint density at radius 2 is 1.56 bits per heavy atom. The summed E-state index contributed by atoms with van der Waals surface area (Å²) >= 11 is 0. The van der Waals surface area contributed by atoms with E-state index < -0.39 is 12.2 Å². The first-order chi connectivity index (χ1) is 13.2. The van der Waals surface area contributed by atoms with Crippen molar-refractivity contribution in [3.05, 3.63) is 71.8 Å². The molecule has 0 saturated heterocycles. The lowest BCUT2D eigenvalue weighted by Gasteiger charge is -2.45. The van der Waals surface area contributed by atoms with Gasteiger partial charge < -0.3 is 9.84 Å². The monoisotopic (exact) mass is 364 g/mol. The second kappa shape index (κ2) is 8.26. The van der Waals surface area contributed by atoms with E-state index in [0.29, 0.717) is 17.4 Å². The molecule has 0 heterocycles. The first-order valence-corrected chi connectivity index (χ1v) is 10.2. The maximum Gasteiger partial charge on any atom is 0.338 e. The van der Waals surface area contributed by atoms with Crippen molar-refractivity contribution >= 4 is 5.97 Å². The van der Waals surface area contributed by atoms with Gasteiger partial charge in [0.25, 0.3) is 0 Å². The number of ether oxygens (including phenoxy) is 1. The Morgan fingerprint density at radius 3 is 2.30 bits per heavy atom. The van der Waals surface area contributed by atoms with Gasteiger partial charge in [0.05, 0.1) is 11.7 Å². The van der Waals surface area contributed by atoms with Gasteiger partial charge in [-0.05, 0) is 48.8 Å². The van der Waals surface area contributed by atoms with Crippen molar-refractivity contribution in [1.82, 2.24) is 0 Å². The van der Waals surface area contributed by atoms with Gasteiger partial charge in [-0.25, -0.2) is 4.79 Å². The van der Waals surface area contributed by atoms with Gasteiger partial charge >= 0.3 is 5.97 Å². The molecule has 0 radical (unpaired) electrons. The zero-order chi connectivity index (χ0) is 18.6. The Morgan fingerprint density at radius 1 is 0.889 bits per heavy atom. The number of hydrogen-bond acceptors (Lipinski definition) is 3. The summed E-state index contributed by atoms with van der Waals surface area (Å²) in [6.45, 7) is 0. The SMILES string of the molecule is O=C(O[C@H](c1ccccc1)[C@@H]1CC[C@H]2CCCC[C@@H]2[C@H]1O)c1ccccc1. The van der Waals surface area contributed by atoms with Gasteiger partial charge in [-0.2, -0.15) is 0 Å². The fourth-order valence-corrected chi connectivity index (χ4v) is 5.07. The molecule has 0 amide bonds. The van der Waals surface area contributed by atoms with Crippen LogP contribution in [0.1, 0.15) is 60.6 Å². The first-order valence-electron chi connectivity index (χ1n) is 10.2. The molecule has 0 aliphatic heterocycles. The normalized spacial score (nSPS) is 28.8. The Hall–Kier alpha value is -2.13. The van der Waals surface area contributed by atoms with Crippen LogP contribution in [0, 0.1) is 17.8 Å². The summed E-state index contributed by atoms with van der Waals surface area (Å²) in [7, 11) is 0. The van der Waals surface area contributed by atoms with Gasteiger partial charge in [0.2, 0.25) is 0 Å². The number of fused-ring (bicyclic) bond motifs is 1. The fraction of sp³-hybridized carbons (Fsp3) is 0.458. The van der Waals surface area contributed by atoms with E-state index in [2.05, 4.69) is 0 Å². The van der Waals surface area contributed by atoms with Crippen LogP contribution in [0.25, 0.3) is 0 Å². The van der Waals surface area contributed by atoms with E-state index in [-0.39, 0.29) is 11.9 Å². The number of hydrogen-bond donors (Lipinski definition) is 1. The molecule has 27 heavy (non-hydrogen) atoms. The van der Waals surface area contributed by atoms with Crippen molar-refractivity contribution in [2.45, 2.75) is 50.7 Å². The van der Waals surface area contributed by atoms with Gasteiger partial charge in [0.15, 0.2) is 0 Å². The minimum atomic E-state index is -0.406. The molecule has 3 heteroatoms. The highest BCUT2D eigenvalue weighted by Crippen LogP contribution is 2.47. The predicted octanol–water partition coefficient (Wildman–Crippen LogP) is 5.16. The van der Waals surface area contributed by atoms with Crippen LogP contribution in [0.2, 0.25) is 0 Å². The lowest BCUT2D eigenvalue weighted by atomic mass is 9.64. The Kier molecular flexibility index (Phi) is 5.58. The maximum absolute atomic E-state index is 12.8. The molecule has 0 aromatic heterocycles. The third-order valence-electron chi connectivity index (χ3n) is 6.48. The van der Waals surface area contributed by atoms with Gasteiger partial charge in [-0.3, -0.25) is 0 Å². The smallest absolute Gasteiger partial charge is 0.338 e. The fourth-order valence-electron chi connectivity index (χ4n) is 5.07. The van der Waals surface area contributed by atoms with Crippen molar-refractivity contribution in [2.75, 3.05) is 0 Å². The minimum absolute atomic E-state index is 0.0422. The van der Waals surface area contributed by atoms with Gasteiger partial charge in [0.1, 0.15) is 6.10 Å². The first kappa shape index (κ1) is 18.2. The largest absolute Gasteiger partial charge is 0.453 e. The molecule has 2 aliphatic rings. The lowest BCUT2D eigenvalue weighted by Crippen LogP contribution is -2.43. The molecule has 0 unspecified atom stereocenters. The summed E-state index contributed by atoms with van der Waals surface area (Å²) < 4.78 is 6.01. The average molecular weight is 364 g/mol. The minimum Gasteiger partial charge on any atom is -0.453 e. The molecule has 2 aromatic carbocycles. The van der Waals surface area contributed by atoms with Gasteiger partial charge in [-0.1, -0.05) is 67.8 Å². The van der Waals surface area contributed by atoms with Gasteiger partial charge in [-0.15, -0.1) is 0 Å². The topological polar surface area (TPSA) is 46.5 Å².